The van der Waals surface area contributed by atoms with Crippen LogP contribution >= 0.6 is 0 Å². The van der Waals surface area contributed by atoms with E-state index in [9.17, 15) is 9.18 Å². The molecule has 0 fully saturated rings. The van der Waals surface area contributed by atoms with Gasteiger partial charge in [0.1, 0.15) is 11.6 Å². The molecule has 5 heteroatoms. The summed E-state index contributed by atoms with van der Waals surface area (Å²) in [6.07, 6.45) is 0.417. The summed E-state index contributed by atoms with van der Waals surface area (Å²) in [6, 6.07) is 17.7. The molecule has 0 saturated heterocycles. The lowest BCUT2D eigenvalue weighted by molar-refractivity contribution is -0.136. The Bertz CT molecular complexity index is 900. The van der Waals surface area contributed by atoms with Crippen LogP contribution in [0.4, 0.5) is 4.39 Å². The lowest BCUT2D eigenvalue weighted by Gasteiger charge is -2.17. The van der Waals surface area contributed by atoms with E-state index in [4.69, 9.17) is 9.84 Å². The average molecular weight is 353 g/mol. The zero-order chi connectivity index (χ0) is 18.5. The number of halogens is 1. The van der Waals surface area contributed by atoms with Gasteiger partial charge in [-0.2, -0.15) is 0 Å². The highest BCUT2D eigenvalue weighted by molar-refractivity contribution is 5.68. The molecule has 1 aromatic heterocycles. The monoisotopic (exact) mass is 353 g/mol. The van der Waals surface area contributed by atoms with Gasteiger partial charge in [0.2, 0.25) is 0 Å². The Hall–Kier alpha value is -3.08. The van der Waals surface area contributed by atoms with Gasteiger partial charge in [0.25, 0.3) is 0 Å². The van der Waals surface area contributed by atoms with Crippen molar-refractivity contribution in [2.45, 2.75) is 19.8 Å². The number of para-hydroxylation sites is 2. The summed E-state index contributed by atoms with van der Waals surface area (Å²) in [5.41, 5.74) is 3.40. The smallest absolute Gasteiger partial charge is 0.303 e. The molecule has 0 aliphatic heterocycles. The van der Waals surface area contributed by atoms with Crippen LogP contribution in [-0.2, 0) is 11.2 Å². The predicted octanol–water partition coefficient (Wildman–Crippen LogP) is 4.70. The third-order valence-electron chi connectivity index (χ3n) is 4.10. The van der Waals surface area contributed by atoms with Gasteiger partial charge in [0.15, 0.2) is 0 Å². The van der Waals surface area contributed by atoms with Crippen molar-refractivity contribution in [2.75, 3.05) is 6.61 Å². The highest BCUT2D eigenvalue weighted by Crippen LogP contribution is 2.32. The molecule has 3 rings (SSSR count). The van der Waals surface area contributed by atoms with E-state index in [0.717, 1.165) is 22.6 Å². The summed E-state index contributed by atoms with van der Waals surface area (Å²) in [6.45, 7) is 2.44. The highest BCUT2D eigenvalue weighted by Gasteiger charge is 2.16. The fourth-order valence-corrected chi connectivity index (χ4v) is 2.96. The van der Waals surface area contributed by atoms with E-state index in [2.05, 4.69) is 0 Å². The van der Waals surface area contributed by atoms with E-state index in [1.54, 1.807) is 12.1 Å². The van der Waals surface area contributed by atoms with Crippen LogP contribution in [0, 0.1) is 5.82 Å². The first-order chi connectivity index (χ1) is 12.6. The van der Waals surface area contributed by atoms with E-state index in [0.29, 0.717) is 18.8 Å². The SMILES string of the molecule is CCOc1ccccc1-n1c(CCC(=O)O)ccc1-c1ccc(F)cc1. The molecule has 0 saturated carbocycles. The Balaban J connectivity index is 2.15. The van der Waals surface area contributed by atoms with Gasteiger partial charge >= 0.3 is 5.97 Å². The van der Waals surface area contributed by atoms with Crippen molar-refractivity contribution in [1.82, 2.24) is 4.57 Å². The molecule has 0 bridgehead atoms. The van der Waals surface area contributed by atoms with Crippen LogP contribution in [0.25, 0.3) is 16.9 Å². The van der Waals surface area contributed by atoms with Crippen molar-refractivity contribution < 1.29 is 19.0 Å². The minimum absolute atomic E-state index is 0.0314. The van der Waals surface area contributed by atoms with E-state index in [1.807, 2.05) is 47.9 Å². The molecule has 0 radical (unpaired) electrons. The first kappa shape index (κ1) is 17.7. The van der Waals surface area contributed by atoms with Gasteiger partial charge < -0.3 is 14.4 Å². The average Bonchev–Trinajstić information content (AvgIpc) is 3.05. The standard InChI is InChI=1S/C21H20FNO3/c1-2-26-20-6-4-3-5-19(20)23-17(12-14-21(24)25)11-13-18(23)15-7-9-16(22)10-8-15/h3-11,13H,2,12,14H2,1H3,(H,24,25). The third kappa shape index (κ3) is 3.77. The number of nitrogens with zero attached hydrogens (tertiary/aromatic N) is 1. The van der Waals surface area contributed by atoms with Crippen molar-refractivity contribution in [1.29, 1.82) is 0 Å². The zero-order valence-electron chi connectivity index (χ0n) is 14.5. The highest BCUT2D eigenvalue weighted by atomic mass is 19.1. The molecule has 0 atom stereocenters. The number of aromatic nitrogens is 1. The Morgan fingerprint density at radius 1 is 1.08 bits per heavy atom. The van der Waals surface area contributed by atoms with Crippen LogP contribution < -0.4 is 4.74 Å². The molecule has 0 unspecified atom stereocenters. The van der Waals surface area contributed by atoms with Crippen molar-refractivity contribution in [3.05, 3.63) is 72.2 Å². The second-order valence-electron chi connectivity index (χ2n) is 5.85. The molecule has 134 valence electrons. The number of rotatable bonds is 7. The lowest BCUT2D eigenvalue weighted by Crippen LogP contribution is -2.07. The van der Waals surface area contributed by atoms with E-state index in [-0.39, 0.29) is 12.2 Å². The maximum atomic E-state index is 13.3. The maximum Gasteiger partial charge on any atom is 0.303 e. The van der Waals surface area contributed by atoms with Crippen molar-refractivity contribution >= 4 is 5.97 Å². The number of ether oxygens (including phenoxy) is 1. The van der Waals surface area contributed by atoms with Gasteiger partial charge in [-0.3, -0.25) is 4.79 Å². The summed E-state index contributed by atoms with van der Waals surface area (Å²) in [5.74, 6) is -0.432. The van der Waals surface area contributed by atoms with Gasteiger partial charge in [-0.15, -0.1) is 0 Å². The molecule has 0 aliphatic rings. The fourth-order valence-electron chi connectivity index (χ4n) is 2.96. The number of hydrogen-bond donors (Lipinski definition) is 1. The fraction of sp³-hybridized carbons (Fsp3) is 0.190. The quantitative estimate of drug-likeness (QED) is 0.670. The molecular formula is C21H20FNO3. The van der Waals surface area contributed by atoms with Crippen LogP contribution in [0.5, 0.6) is 5.75 Å². The predicted molar refractivity (Wildman–Crippen MR) is 98.3 cm³/mol. The number of benzene rings is 2. The van der Waals surface area contributed by atoms with E-state index in [1.165, 1.54) is 12.1 Å². The summed E-state index contributed by atoms with van der Waals surface area (Å²) in [4.78, 5) is 11.0. The van der Waals surface area contributed by atoms with Crippen LogP contribution in [0.15, 0.2) is 60.7 Å². The molecule has 4 nitrogen and oxygen atoms in total. The van der Waals surface area contributed by atoms with Crippen LogP contribution in [-0.4, -0.2) is 22.2 Å². The molecule has 0 aliphatic carbocycles. The molecule has 1 N–H and O–H groups in total. The second kappa shape index (κ2) is 7.87. The molecular weight excluding hydrogens is 333 g/mol. The summed E-state index contributed by atoms with van der Waals surface area (Å²) in [7, 11) is 0. The molecule has 0 amide bonds. The van der Waals surface area contributed by atoms with Gasteiger partial charge in [-0.1, -0.05) is 12.1 Å². The normalized spacial score (nSPS) is 10.7. The topological polar surface area (TPSA) is 51.5 Å². The van der Waals surface area contributed by atoms with Crippen LogP contribution in [0.1, 0.15) is 19.0 Å². The number of aryl methyl sites for hydroxylation is 1. The first-order valence-corrected chi connectivity index (χ1v) is 8.50. The molecule has 2 aromatic carbocycles. The Morgan fingerprint density at radius 3 is 2.50 bits per heavy atom. The van der Waals surface area contributed by atoms with Gasteiger partial charge in [0, 0.05) is 5.69 Å². The number of carboxylic acid groups (broad SMARTS) is 1. The van der Waals surface area contributed by atoms with Gasteiger partial charge in [-0.05, 0) is 67.4 Å². The lowest BCUT2D eigenvalue weighted by atomic mass is 10.1. The number of hydrogen-bond acceptors (Lipinski definition) is 2. The second-order valence-corrected chi connectivity index (χ2v) is 5.85. The summed E-state index contributed by atoms with van der Waals surface area (Å²) in [5, 5.41) is 9.05. The Morgan fingerprint density at radius 2 is 1.81 bits per heavy atom. The van der Waals surface area contributed by atoms with Crippen molar-refractivity contribution in [2.24, 2.45) is 0 Å². The maximum absolute atomic E-state index is 13.3. The van der Waals surface area contributed by atoms with Gasteiger partial charge in [0.05, 0.1) is 24.4 Å². The largest absolute Gasteiger partial charge is 0.492 e. The number of aliphatic carboxylic acids is 1. The van der Waals surface area contributed by atoms with Crippen LogP contribution in [0.3, 0.4) is 0 Å². The third-order valence-corrected chi connectivity index (χ3v) is 4.10. The van der Waals surface area contributed by atoms with Crippen LogP contribution in [0.2, 0.25) is 0 Å². The van der Waals surface area contributed by atoms with Gasteiger partial charge in [-0.25, -0.2) is 4.39 Å². The first-order valence-electron chi connectivity index (χ1n) is 8.50. The van der Waals surface area contributed by atoms with Crippen molar-refractivity contribution in [3.8, 4) is 22.7 Å². The van der Waals surface area contributed by atoms with E-state index >= 15 is 0 Å². The van der Waals surface area contributed by atoms with Crippen molar-refractivity contribution in [3.63, 3.8) is 0 Å². The Labute approximate surface area is 151 Å². The summed E-state index contributed by atoms with van der Waals surface area (Å²) >= 11 is 0. The molecule has 0 spiro atoms. The molecule has 3 aromatic rings. The zero-order valence-corrected chi connectivity index (χ0v) is 14.5. The number of carbonyl (C=O) groups is 1. The minimum atomic E-state index is -0.848. The van der Waals surface area contributed by atoms with E-state index < -0.39 is 5.97 Å². The minimum Gasteiger partial charge on any atom is -0.492 e. The molecule has 1 heterocycles. The molecule has 26 heavy (non-hydrogen) atoms. The summed E-state index contributed by atoms with van der Waals surface area (Å²) < 4.78 is 21.1. The number of carboxylic acids is 1. The Kier molecular flexibility index (Phi) is 5.37.